The van der Waals surface area contributed by atoms with Crippen LogP contribution in [0.1, 0.15) is 19.8 Å². The Hall–Kier alpha value is -0.0800. The third-order valence-electron chi connectivity index (χ3n) is 1.44. The Bertz CT molecular complexity index is 45.8. The monoisotopic (exact) mass is 118 g/mol. The average Bonchev–Trinajstić information content (AvgIpc) is 1.83. The van der Waals surface area contributed by atoms with E-state index in [1.54, 1.807) is 0 Å². The molecule has 0 spiro atoms. The highest BCUT2D eigenvalue weighted by Gasteiger charge is 1.98. The summed E-state index contributed by atoms with van der Waals surface area (Å²) in [6, 6.07) is 0. The van der Waals surface area contributed by atoms with Crippen LogP contribution in [0.15, 0.2) is 0 Å². The van der Waals surface area contributed by atoms with Gasteiger partial charge in [0.05, 0.1) is 13.1 Å². The molecule has 0 aromatic rings. The number of hydrogen-bond donors (Lipinski definition) is 2. The molecule has 0 aromatic carbocycles. The second-order valence-electron chi connectivity index (χ2n) is 2.39. The fourth-order valence-corrected chi connectivity index (χ4v) is 0.637. The van der Waals surface area contributed by atoms with Gasteiger partial charge in [-0.3, -0.25) is 0 Å². The zero-order valence-electron chi connectivity index (χ0n) is 5.82. The Kier molecular flexibility index (Phi) is 5.01. The van der Waals surface area contributed by atoms with E-state index in [4.69, 9.17) is 0 Å². The third kappa shape index (κ3) is 4.09. The minimum absolute atomic E-state index is 0.803. The predicted octanol–water partition coefficient (Wildman–Crippen LogP) is -1.11. The molecule has 1 unspecified atom stereocenters. The van der Waals surface area contributed by atoms with Gasteiger partial charge in [-0.05, 0) is 12.8 Å². The van der Waals surface area contributed by atoms with Gasteiger partial charge in [-0.25, -0.2) is 0 Å². The van der Waals surface area contributed by atoms with Gasteiger partial charge in [-0.15, -0.1) is 0 Å². The average molecular weight is 118 g/mol. The zero-order valence-corrected chi connectivity index (χ0v) is 5.82. The number of hydrogen-bond acceptors (Lipinski definition) is 0. The van der Waals surface area contributed by atoms with Gasteiger partial charge in [-0.1, -0.05) is 6.92 Å². The minimum Gasteiger partial charge on any atom is -0.358 e. The molecule has 2 nitrogen and oxygen atoms in total. The maximum absolute atomic E-state index is 3.82. The molecule has 0 aliphatic heterocycles. The maximum atomic E-state index is 3.82. The van der Waals surface area contributed by atoms with Gasteiger partial charge < -0.3 is 11.5 Å². The maximum Gasteiger partial charge on any atom is 0.0765 e. The molecule has 2 heteroatoms. The van der Waals surface area contributed by atoms with E-state index in [0.717, 1.165) is 19.0 Å². The van der Waals surface area contributed by atoms with Crippen LogP contribution >= 0.6 is 0 Å². The van der Waals surface area contributed by atoms with E-state index < -0.39 is 0 Å². The van der Waals surface area contributed by atoms with Crippen molar-refractivity contribution in [1.29, 1.82) is 0 Å². The first kappa shape index (κ1) is 7.92. The highest BCUT2D eigenvalue weighted by molar-refractivity contribution is 4.47. The van der Waals surface area contributed by atoms with E-state index in [2.05, 4.69) is 18.4 Å². The third-order valence-corrected chi connectivity index (χ3v) is 1.44. The van der Waals surface area contributed by atoms with Crippen LogP contribution in [-0.2, 0) is 0 Å². The Labute approximate surface area is 51.2 Å². The summed E-state index contributed by atoms with van der Waals surface area (Å²) in [4.78, 5) is 0. The molecule has 8 heavy (non-hydrogen) atoms. The van der Waals surface area contributed by atoms with Gasteiger partial charge in [0.2, 0.25) is 0 Å². The molecule has 0 aliphatic rings. The van der Waals surface area contributed by atoms with Crippen molar-refractivity contribution in [3.63, 3.8) is 0 Å². The number of rotatable bonds is 4. The summed E-state index contributed by atoms with van der Waals surface area (Å²) in [5.41, 5.74) is 7.59. The highest BCUT2D eigenvalue weighted by Crippen LogP contribution is 1.99. The summed E-state index contributed by atoms with van der Waals surface area (Å²) in [6.45, 7) is 4.38. The first-order valence-electron chi connectivity index (χ1n) is 3.39. The van der Waals surface area contributed by atoms with Gasteiger partial charge in [-0.2, -0.15) is 0 Å². The SMILES string of the molecule is CC(C[NH3+])CCC[NH3+]. The molecule has 0 saturated heterocycles. The van der Waals surface area contributed by atoms with Gasteiger partial charge in [0.15, 0.2) is 0 Å². The molecule has 0 amide bonds. The van der Waals surface area contributed by atoms with Crippen molar-refractivity contribution in [2.45, 2.75) is 19.8 Å². The van der Waals surface area contributed by atoms with Gasteiger partial charge in [0, 0.05) is 5.92 Å². The van der Waals surface area contributed by atoms with E-state index in [9.17, 15) is 0 Å². The van der Waals surface area contributed by atoms with Crippen molar-refractivity contribution in [3.8, 4) is 0 Å². The van der Waals surface area contributed by atoms with E-state index in [-0.39, 0.29) is 0 Å². The fourth-order valence-electron chi connectivity index (χ4n) is 0.637. The molecule has 0 saturated carbocycles. The van der Waals surface area contributed by atoms with Crippen LogP contribution in [0.3, 0.4) is 0 Å². The standard InChI is InChI=1S/C6H16N2/c1-6(5-8)3-2-4-7/h6H,2-5,7-8H2,1H3/p+2. The molecule has 6 N–H and O–H groups in total. The second-order valence-corrected chi connectivity index (χ2v) is 2.39. The van der Waals surface area contributed by atoms with E-state index in [1.165, 1.54) is 12.8 Å². The summed E-state index contributed by atoms with van der Waals surface area (Å²) >= 11 is 0. The Balaban J connectivity index is 2.86. The molecule has 0 aromatic heterocycles. The minimum atomic E-state index is 0.803. The van der Waals surface area contributed by atoms with Crippen LogP contribution in [0.5, 0.6) is 0 Å². The lowest BCUT2D eigenvalue weighted by atomic mass is 10.1. The Morgan fingerprint density at radius 3 is 2.38 bits per heavy atom. The molecule has 0 bridgehead atoms. The van der Waals surface area contributed by atoms with Crippen LogP contribution < -0.4 is 11.5 Å². The van der Waals surface area contributed by atoms with Crippen molar-refractivity contribution in [2.24, 2.45) is 5.92 Å². The molecular weight excluding hydrogens is 100 g/mol. The molecular formula is C6H18N2+2. The number of quaternary nitrogens is 2. The zero-order chi connectivity index (χ0) is 6.41. The summed E-state index contributed by atoms with van der Waals surface area (Å²) in [6.07, 6.45) is 2.56. The normalized spacial score (nSPS) is 13.9. The largest absolute Gasteiger partial charge is 0.358 e. The van der Waals surface area contributed by atoms with Crippen LogP contribution in [0.2, 0.25) is 0 Å². The van der Waals surface area contributed by atoms with E-state index >= 15 is 0 Å². The Morgan fingerprint density at radius 1 is 1.38 bits per heavy atom. The van der Waals surface area contributed by atoms with Crippen molar-refractivity contribution in [1.82, 2.24) is 0 Å². The van der Waals surface area contributed by atoms with Gasteiger partial charge in [0.25, 0.3) is 0 Å². The van der Waals surface area contributed by atoms with Gasteiger partial charge in [0.1, 0.15) is 0 Å². The molecule has 0 heterocycles. The van der Waals surface area contributed by atoms with Crippen molar-refractivity contribution >= 4 is 0 Å². The first-order chi connectivity index (χ1) is 3.81. The van der Waals surface area contributed by atoms with Crippen LogP contribution in [-0.4, -0.2) is 13.1 Å². The van der Waals surface area contributed by atoms with Crippen LogP contribution in [0.25, 0.3) is 0 Å². The first-order valence-corrected chi connectivity index (χ1v) is 3.39. The highest BCUT2D eigenvalue weighted by atomic mass is 14.5. The fraction of sp³-hybridized carbons (Fsp3) is 1.00. The smallest absolute Gasteiger partial charge is 0.0765 e. The van der Waals surface area contributed by atoms with Crippen LogP contribution in [0.4, 0.5) is 0 Å². The molecule has 0 radical (unpaired) electrons. The lowest BCUT2D eigenvalue weighted by Gasteiger charge is -2.01. The van der Waals surface area contributed by atoms with Crippen molar-refractivity contribution in [3.05, 3.63) is 0 Å². The summed E-state index contributed by atoms with van der Waals surface area (Å²) < 4.78 is 0. The second kappa shape index (κ2) is 5.06. The molecule has 1 atom stereocenters. The lowest BCUT2D eigenvalue weighted by molar-refractivity contribution is -0.382. The lowest BCUT2D eigenvalue weighted by Crippen LogP contribution is -2.54. The summed E-state index contributed by atoms with van der Waals surface area (Å²) in [5, 5.41) is 0. The van der Waals surface area contributed by atoms with Crippen LogP contribution in [0, 0.1) is 5.92 Å². The van der Waals surface area contributed by atoms with Crippen molar-refractivity contribution < 1.29 is 11.5 Å². The van der Waals surface area contributed by atoms with E-state index in [1.807, 2.05) is 0 Å². The molecule has 0 fully saturated rings. The molecule has 0 rings (SSSR count). The van der Waals surface area contributed by atoms with Gasteiger partial charge >= 0.3 is 0 Å². The molecule has 0 aliphatic carbocycles. The quantitative estimate of drug-likeness (QED) is 0.470. The predicted molar refractivity (Wildman–Crippen MR) is 33.9 cm³/mol. The summed E-state index contributed by atoms with van der Waals surface area (Å²) in [7, 11) is 0. The Morgan fingerprint density at radius 2 is 2.00 bits per heavy atom. The summed E-state index contributed by atoms with van der Waals surface area (Å²) in [5.74, 6) is 0.803. The van der Waals surface area contributed by atoms with Crippen molar-refractivity contribution in [2.75, 3.05) is 13.1 Å². The topological polar surface area (TPSA) is 55.3 Å². The molecule has 50 valence electrons. The van der Waals surface area contributed by atoms with E-state index in [0.29, 0.717) is 0 Å².